The molecule has 27 heavy (non-hydrogen) atoms. The molecule has 1 aromatic heterocycles. The molecular weight excluding hydrogens is 342 g/mol. The van der Waals surface area contributed by atoms with E-state index < -0.39 is 0 Å². The Hall–Kier alpha value is -2.99. The number of carbonyl (C=O) groups excluding carboxylic acids is 1. The Kier molecular flexibility index (Phi) is 4.98. The number of carbonyl (C=O) groups is 1. The molecule has 0 N–H and O–H groups in total. The normalized spacial score (nSPS) is 14.4. The molecule has 1 saturated heterocycles. The second kappa shape index (κ2) is 7.72. The van der Waals surface area contributed by atoms with E-state index in [4.69, 9.17) is 4.74 Å². The molecule has 138 valence electrons. The zero-order valence-electron chi connectivity index (χ0n) is 15.0. The molecule has 0 bridgehead atoms. The summed E-state index contributed by atoms with van der Waals surface area (Å²) in [6.07, 6.45) is 0.249. The lowest BCUT2D eigenvalue weighted by atomic mass is 10.1. The van der Waals surface area contributed by atoms with Crippen LogP contribution in [0.2, 0.25) is 0 Å². The summed E-state index contributed by atoms with van der Waals surface area (Å²) in [6, 6.07) is 17.3. The van der Waals surface area contributed by atoms with Crippen LogP contribution in [0, 0.1) is 0 Å². The molecule has 0 radical (unpaired) electrons. The van der Waals surface area contributed by atoms with E-state index in [0.29, 0.717) is 31.7 Å². The summed E-state index contributed by atoms with van der Waals surface area (Å²) in [4.78, 5) is 27.1. The zero-order chi connectivity index (χ0) is 18.6. The van der Waals surface area contributed by atoms with Gasteiger partial charge in [-0.15, -0.1) is 0 Å². The number of rotatable bonds is 4. The van der Waals surface area contributed by atoms with E-state index in [1.54, 1.807) is 4.90 Å². The summed E-state index contributed by atoms with van der Waals surface area (Å²) < 4.78 is 6.70. The van der Waals surface area contributed by atoms with Crippen LogP contribution >= 0.6 is 0 Å². The summed E-state index contributed by atoms with van der Waals surface area (Å²) in [7, 11) is 0. The fourth-order valence-electron chi connectivity index (χ4n) is 3.37. The van der Waals surface area contributed by atoms with E-state index in [1.165, 1.54) is 4.68 Å². The maximum absolute atomic E-state index is 12.9. The molecule has 0 aliphatic carbocycles. The number of aromatic nitrogens is 2. The second-order valence-electron chi connectivity index (χ2n) is 6.53. The smallest absolute Gasteiger partial charge is 0.274 e. The van der Waals surface area contributed by atoms with Gasteiger partial charge in [0.2, 0.25) is 5.91 Å². The van der Waals surface area contributed by atoms with Gasteiger partial charge in [0.1, 0.15) is 0 Å². The largest absolute Gasteiger partial charge is 0.378 e. The third-order valence-electron chi connectivity index (χ3n) is 4.82. The number of morpholine rings is 1. The molecule has 0 saturated carbocycles. The lowest BCUT2D eigenvalue weighted by molar-refractivity contribution is -0.135. The molecule has 1 aliphatic rings. The Morgan fingerprint density at radius 3 is 2.37 bits per heavy atom. The standard InChI is InChI=1S/C21H21N3O3/c25-19(23-12-14-27-15-13-23)10-11-24-21(26)18-9-5-4-8-17(18)20(22-24)16-6-2-1-3-7-16/h1-9H,10-15H2. The van der Waals surface area contributed by atoms with Crippen molar-refractivity contribution < 1.29 is 9.53 Å². The number of aryl methyl sites for hydroxylation is 1. The van der Waals surface area contributed by atoms with Crippen LogP contribution in [0.1, 0.15) is 6.42 Å². The van der Waals surface area contributed by atoms with Crippen LogP contribution in [-0.4, -0.2) is 46.9 Å². The van der Waals surface area contributed by atoms with E-state index in [2.05, 4.69) is 5.10 Å². The van der Waals surface area contributed by atoms with Crippen LogP contribution < -0.4 is 5.56 Å². The second-order valence-corrected chi connectivity index (χ2v) is 6.53. The van der Waals surface area contributed by atoms with Gasteiger partial charge < -0.3 is 9.64 Å². The van der Waals surface area contributed by atoms with Crippen molar-refractivity contribution in [2.24, 2.45) is 0 Å². The van der Waals surface area contributed by atoms with Gasteiger partial charge in [0.25, 0.3) is 5.56 Å². The van der Waals surface area contributed by atoms with Gasteiger partial charge in [0.15, 0.2) is 0 Å². The molecule has 3 aromatic rings. The Morgan fingerprint density at radius 1 is 0.963 bits per heavy atom. The van der Waals surface area contributed by atoms with Crippen LogP contribution in [-0.2, 0) is 16.1 Å². The average Bonchev–Trinajstić information content (AvgIpc) is 2.74. The molecule has 1 aliphatic heterocycles. The van der Waals surface area contributed by atoms with Crippen molar-refractivity contribution in [3.63, 3.8) is 0 Å². The van der Waals surface area contributed by atoms with E-state index in [1.807, 2.05) is 54.6 Å². The van der Waals surface area contributed by atoms with Crippen molar-refractivity contribution in [3.8, 4) is 11.3 Å². The molecule has 1 fully saturated rings. The number of fused-ring (bicyclic) bond motifs is 1. The number of nitrogens with zero attached hydrogens (tertiary/aromatic N) is 3. The summed E-state index contributed by atoms with van der Waals surface area (Å²) in [5.41, 5.74) is 1.53. The van der Waals surface area contributed by atoms with E-state index in [-0.39, 0.29) is 24.4 Å². The van der Waals surface area contributed by atoms with Gasteiger partial charge >= 0.3 is 0 Å². The summed E-state index contributed by atoms with van der Waals surface area (Å²) in [5.74, 6) is 0.0291. The van der Waals surface area contributed by atoms with Crippen LogP contribution in [0.5, 0.6) is 0 Å². The highest BCUT2D eigenvalue weighted by Crippen LogP contribution is 2.24. The maximum atomic E-state index is 12.9. The van der Waals surface area contributed by atoms with Crippen molar-refractivity contribution in [1.82, 2.24) is 14.7 Å². The SMILES string of the molecule is O=C(CCn1nc(-c2ccccc2)c2ccccc2c1=O)N1CCOCC1. The van der Waals surface area contributed by atoms with Gasteiger partial charge in [-0.25, -0.2) is 4.68 Å². The molecular formula is C21H21N3O3. The number of ether oxygens (including phenoxy) is 1. The van der Waals surface area contributed by atoms with Gasteiger partial charge in [-0.1, -0.05) is 48.5 Å². The first-order valence-corrected chi connectivity index (χ1v) is 9.15. The molecule has 6 heteroatoms. The lowest BCUT2D eigenvalue weighted by Crippen LogP contribution is -2.41. The molecule has 0 atom stereocenters. The van der Waals surface area contributed by atoms with E-state index in [0.717, 1.165) is 16.6 Å². The fourth-order valence-corrected chi connectivity index (χ4v) is 3.37. The van der Waals surface area contributed by atoms with Crippen LogP contribution in [0.3, 0.4) is 0 Å². The molecule has 1 amide bonds. The highest BCUT2D eigenvalue weighted by Gasteiger charge is 2.18. The quantitative estimate of drug-likeness (QED) is 0.714. The van der Waals surface area contributed by atoms with Crippen LogP contribution in [0.4, 0.5) is 0 Å². The monoisotopic (exact) mass is 363 g/mol. The average molecular weight is 363 g/mol. The number of hydrogen-bond donors (Lipinski definition) is 0. The molecule has 2 aromatic carbocycles. The third kappa shape index (κ3) is 3.61. The minimum atomic E-state index is -0.167. The van der Waals surface area contributed by atoms with E-state index in [9.17, 15) is 9.59 Å². The summed E-state index contributed by atoms with van der Waals surface area (Å²) in [6.45, 7) is 2.61. The molecule has 4 rings (SSSR count). The Labute approximate surface area is 157 Å². The summed E-state index contributed by atoms with van der Waals surface area (Å²) >= 11 is 0. The topological polar surface area (TPSA) is 64.4 Å². The van der Waals surface area contributed by atoms with Crippen molar-refractivity contribution >= 4 is 16.7 Å². The third-order valence-corrected chi connectivity index (χ3v) is 4.82. The minimum absolute atomic E-state index is 0.0291. The van der Waals surface area contributed by atoms with Gasteiger partial charge in [-0.2, -0.15) is 5.10 Å². The Balaban J connectivity index is 1.67. The van der Waals surface area contributed by atoms with Crippen LogP contribution in [0.15, 0.2) is 59.4 Å². The lowest BCUT2D eigenvalue weighted by Gasteiger charge is -2.26. The van der Waals surface area contributed by atoms with Crippen molar-refractivity contribution in [3.05, 3.63) is 65.0 Å². The van der Waals surface area contributed by atoms with Gasteiger partial charge in [-0.3, -0.25) is 9.59 Å². The number of benzene rings is 2. The molecule has 0 unspecified atom stereocenters. The highest BCUT2D eigenvalue weighted by atomic mass is 16.5. The molecule has 2 heterocycles. The highest BCUT2D eigenvalue weighted by molar-refractivity contribution is 5.93. The van der Waals surface area contributed by atoms with Gasteiger partial charge in [-0.05, 0) is 6.07 Å². The first kappa shape index (κ1) is 17.4. The van der Waals surface area contributed by atoms with Gasteiger partial charge in [0, 0.05) is 30.5 Å². The van der Waals surface area contributed by atoms with E-state index >= 15 is 0 Å². The molecule has 6 nitrogen and oxygen atoms in total. The predicted molar refractivity (Wildman–Crippen MR) is 103 cm³/mol. The van der Waals surface area contributed by atoms with Gasteiger partial charge in [0.05, 0.1) is 30.8 Å². The minimum Gasteiger partial charge on any atom is -0.378 e. The van der Waals surface area contributed by atoms with Crippen molar-refractivity contribution in [2.45, 2.75) is 13.0 Å². The molecule has 0 spiro atoms. The first-order chi connectivity index (χ1) is 13.2. The first-order valence-electron chi connectivity index (χ1n) is 9.15. The number of amides is 1. The summed E-state index contributed by atoms with van der Waals surface area (Å²) in [5, 5.41) is 6.04. The predicted octanol–water partition coefficient (Wildman–Crippen LogP) is 2.31. The Bertz CT molecular complexity index is 1010. The zero-order valence-corrected chi connectivity index (χ0v) is 15.0. The van der Waals surface area contributed by atoms with Crippen LogP contribution in [0.25, 0.3) is 22.0 Å². The van der Waals surface area contributed by atoms with Crippen molar-refractivity contribution in [1.29, 1.82) is 0 Å². The van der Waals surface area contributed by atoms with Crippen molar-refractivity contribution in [2.75, 3.05) is 26.3 Å². The maximum Gasteiger partial charge on any atom is 0.274 e. The Morgan fingerprint density at radius 2 is 1.63 bits per heavy atom. The number of hydrogen-bond acceptors (Lipinski definition) is 4. The fraction of sp³-hybridized carbons (Fsp3) is 0.286.